The van der Waals surface area contributed by atoms with Crippen LogP contribution in [-0.2, 0) is 19.2 Å². The van der Waals surface area contributed by atoms with E-state index in [1.54, 1.807) is 13.8 Å². The van der Waals surface area contributed by atoms with Crippen molar-refractivity contribution in [2.75, 3.05) is 5.75 Å². The zero-order valence-electron chi connectivity index (χ0n) is 18.2. The van der Waals surface area contributed by atoms with Crippen LogP contribution >= 0.6 is 12.6 Å². The number of aliphatic carboxylic acids is 1. The Morgan fingerprint density at radius 1 is 0.933 bits per heavy atom. The Kier molecular flexibility index (Phi) is 12.6. The first kappa shape index (κ1) is 28.1. The van der Waals surface area contributed by atoms with Gasteiger partial charge in [-0.1, -0.05) is 34.1 Å². The van der Waals surface area contributed by atoms with Gasteiger partial charge in [0.15, 0.2) is 0 Å². The van der Waals surface area contributed by atoms with Gasteiger partial charge in [0.25, 0.3) is 0 Å². The molecule has 11 heteroatoms. The van der Waals surface area contributed by atoms with Gasteiger partial charge in [0.1, 0.15) is 18.1 Å². The van der Waals surface area contributed by atoms with Crippen LogP contribution in [0.5, 0.6) is 0 Å². The fraction of sp³-hybridized carbons (Fsp3) is 0.789. The van der Waals surface area contributed by atoms with Gasteiger partial charge in [0.2, 0.25) is 17.7 Å². The van der Waals surface area contributed by atoms with Crippen LogP contribution in [0.1, 0.15) is 47.5 Å². The molecule has 0 aromatic carbocycles. The van der Waals surface area contributed by atoms with Crippen molar-refractivity contribution in [1.29, 1.82) is 0 Å². The van der Waals surface area contributed by atoms with Crippen molar-refractivity contribution in [3.8, 4) is 0 Å². The summed E-state index contributed by atoms with van der Waals surface area (Å²) in [5.74, 6) is -3.51. The molecule has 0 aromatic heterocycles. The molecule has 6 unspecified atom stereocenters. The van der Waals surface area contributed by atoms with E-state index in [1.165, 1.54) is 6.92 Å². The number of amides is 3. The number of aliphatic hydroxyl groups is 1. The molecule has 0 aliphatic carbocycles. The summed E-state index contributed by atoms with van der Waals surface area (Å²) in [4.78, 5) is 48.9. The minimum absolute atomic E-state index is 0.0360. The highest BCUT2D eigenvalue weighted by atomic mass is 32.1. The standard InChI is InChI=1S/C19H36N4O6S/c1-6-10(4)14(19(28)29)22-18(27)15(11(5)24)23-17(26)13(7-9(2)3)21-16(25)12(20)8-30/h9-15,24,30H,6-8,20H2,1-5H3,(H,21,25)(H,22,27)(H,23,26)(H,28,29). The molecule has 7 N–H and O–H groups in total. The molecule has 0 heterocycles. The topological polar surface area (TPSA) is 171 Å². The number of carbonyl (C=O) groups is 4. The smallest absolute Gasteiger partial charge is 0.326 e. The summed E-state index contributed by atoms with van der Waals surface area (Å²) in [5.41, 5.74) is 5.64. The van der Waals surface area contributed by atoms with E-state index in [-0.39, 0.29) is 24.0 Å². The fourth-order valence-corrected chi connectivity index (χ4v) is 2.82. The molecule has 0 spiro atoms. The summed E-state index contributed by atoms with van der Waals surface area (Å²) in [6.45, 7) is 8.47. The summed E-state index contributed by atoms with van der Waals surface area (Å²) in [6.07, 6.45) is -0.512. The third kappa shape index (κ3) is 9.31. The van der Waals surface area contributed by atoms with Crippen LogP contribution in [-0.4, -0.2) is 69.9 Å². The minimum atomic E-state index is -1.39. The van der Waals surface area contributed by atoms with Crippen LogP contribution in [0.25, 0.3) is 0 Å². The molecule has 0 aliphatic heterocycles. The maximum Gasteiger partial charge on any atom is 0.326 e. The van der Waals surface area contributed by atoms with Gasteiger partial charge in [-0.3, -0.25) is 14.4 Å². The van der Waals surface area contributed by atoms with Crippen molar-refractivity contribution in [2.45, 2.75) is 77.7 Å². The second kappa shape index (κ2) is 13.5. The molecule has 0 radical (unpaired) electrons. The van der Waals surface area contributed by atoms with Crippen LogP contribution in [0.3, 0.4) is 0 Å². The maximum atomic E-state index is 12.8. The molecule has 3 amide bonds. The number of rotatable bonds is 13. The lowest BCUT2D eigenvalue weighted by atomic mass is 9.98. The highest BCUT2D eigenvalue weighted by molar-refractivity contribution is 7.80. The van der Waals surface area contributed by atoms with Gasteiger partial charge < -0.3 is 31.9 Å². The third-order valence-electron chi connectivity index (χ3n) is 4.71. The van der Waals surface area contributed by atoms with Gasteiger partial charge in [-0.05, 0) is 25.2 Å². The SMILES string of the molecule is CCC(C)C(NC(=O)C(NC(=O)C(CC(C)C)NC(=O)C(N)CS)C(C)O)C(=O)O. The largest absolute Gasteiger partial charge is 0.480 e. The Hall–Kier alpha value is -1.85. The number of carbonyl (C=O) groups excluding carboxylic acids is 3. The molecule has 174 valence electrons. The molecule has 0 rings (SSSR count). The average Bonchev–Trinajstić information content (AvgIpc) is 2.66. The van der Waals surface area contributed by atoms with E-state index in [2.05, 4.69) is 28.6 Å². The van der Waals surface area contributed by atoms with E-state index >= 15 is 0 Å². The fourth-order valence-electron chi connectivity index (χ4n) is 2.65. The van der Waals surface area contributed by atoms with Crippen molar-refractivity contribution >= 4 is 36.3 Å². The molecule has 0 aromatic rings. The summed E-state index contributed by atoms with van der Waals surface area (Å²) in [7, 11) is 0. The van der Waals surface area contributed by atoms with Crippen LogP contribution in [0.2, 0.25) is 0 Å². The van der Waals surface area contributed by atoms with E-state index < -0.39 is 54.0 Å². The Morgan fingerprint density at radius 3 is 1.87 bits per heavy atom. The zero-order valence-corrected chi connectivity index (χ0v) is 19.1. The number of aliphatic hydroxyl groups excluding tert-OH is 1. The van der Waals surface area contributed by atoms with Crippen molar-refractivity contribution in [3.05, 3.63) is 0 Å². The van der Waals surface area contributed by atoms with Crippen LogP contribution in [0.4, 0.5) is 0 Å². The number of hydrogen-bond donors (Lipinski definition) is 7. The number of nitrogens with one attached hydrogen (secondary N) is 3. The third-order valence-corrected chi connectivity index (χ3v) is 5.11. The molecule has 0 saturated carbocycles. The molecule has 10 nitrogen and oxygen atoms in total. The maximum absolute atomic E-state index is 12.8. The summed E-state index contributed by atoms with van der Waals surface area (Å²) in [6, 6.07) is -4.45. The number of carboxylic acids is 1. The Morgan fingerprint density at radius 2 is 1.47 bits per heavy atom. The van der Waals surface area contributed by atoms with Crippen molar-refractivity contribution in [2.24, 2.45) is 17.6 Å². The van der Waals surface area contributed by atoms with Crippen molar-refractivity contribution in [1.82, 2.24) is 16.0 Å². The van der Waals surface area contributed by atoms with Crippen LogP contribution in [0, 0.1) is 11.8 Å². The minimum Gasteiger partial charge on any atom is -0.480 e. The van der Waals surface area contributed by atoms with Gasteiger partial charge in [-0.2, -0.15) is 12.6 Å². The first-order valence-corrected chi connectivity index (χ1v) is 10.7. The zero-order chi connectivity index (χ0) is 23.6. The number of hydrogen-bond acceptors (Lipinski definition) is 7. The molecule has 0 fully saturated rings. The molecule has 0 aliphatic rings. The van der Waals surface area contributed by atoms with Crippen LogP contribution in [0.15, 0.2) is 0 Å². The molecule has 30 heavy (non-hydrogen) atoms. The van der Waals surface area contributed by atoms with Crippen LogP contribution < -0.4 is 21.7 Å². The molecule has 6 atom stereocenters. The molecule has 0 saturated heterocycles. The number of nitrogens with two attached hydrogens (primary N) is 1. The Bertz CT molecular complexity index is 602. The quantitative estimate of drug-likeness (QED) is 0.182. The van der Waals surface area contributed by atoms with Gasteiger partial charge in [0, 0.05) is 5.75 Å². The average molecular weight is 449 g/mol. The first-order chi connectivity index (χ1) is 13.8. The summed E-state index contributed by atoms with van der Waals surface area (Å²) >= 11 is 3.96. The Balaban J connectivity index is 5.43. The number of thiol groups is 1. The second-order valence-electron chi connectivity index (χ2n) is 7.92. The monoisotopic (exact) mass is 448 g/mol. The van der Waals surface area contributed by atoms with E-state index in [9.17, 15) is 29.4 Å². The second-order valence-corrected chi connectivity index (χ2v) is 8.28. The van der Waals surface area contributed by atoms with E-state index in [1.807, 2.05) is 13.8 Å². The van der Waals surface area contributed by atoms with Crippen molar-refractivity contribution in [3.63, 3.8) is 0 Å². The van der Waals surface area contributed by atoms with Crippen molar-refractivity contribution < 1.29 is 29.4 Å². The highest BCUT2D eigenvalue weighted by Gasteiger charge is 2.34. The summed E-state index contributed by atoms with van der Waals surface area (Å²) in [5, 5.41) is 26.7. The van der Waals surface area contributed by atoms with Gasteiger partial charge >= 0.3 is 5.97 Å². The summed E-state index contributed by atoms with van der Waals surface area (Å²) < 4.78 is 0. The Labute approximate surface area is 183 Å². The predicted octanol–water partition coefficient (Wildman–Crippen LogP) is -0.744. The van der Waals surface area contributed by atoms with E-state index in [0.29, 0.717) is 6.42 Å². The van der Waals surface area contributed by atoms with Gasteiger partial charge in [0.05, 0.1) is 12.1 Å². The number of carboxylic acid groups (broad SMARTS) is 1. The van der Waals surface area contributed by atoms with Gasteiger partial charge in [-0.15, -0.1) is 0 Å². The first-order valence-electron chi connectivity index (χ1n) is 10.0. The molecular weight excluding hydrogens is 412 g/mol. The normalized spacial score (nSPS) is 17.2. The predicted molar refractivity (Wildman–Crippen MR) is 116 cm³/mol. The lowest BCUT2D eigenvalue weighted by molar-refractivity contribution is -0.144. The lowest BCUT2D eigenvalue weighted by Gasteiger charge is -2.28. The van der Waals surface area contributed by atoms with Gasteiger partial charge in [-0.25, -0.2) is 4.79 Å². The van der Waals surface area contributed by atoms with E-state index in [0.717, 1.165) is 0 Å². The lowest BCUT2D eigenvalue weighted by Crippen LogP contribution is -2.60. The molecule has 0 bridgehead atoms. The highest BCUT2D eigenvalue weighted by Crippen LogP contribution is 2.10. The van der Waals surface area contributed by atoms with E-state index in [4.69, 9.17) is 5.73 Å². The molecular formula is C19H36N4O6S.